The molecule has 0 saturated heterocycles. The van der Waals surface area contributed by atoms with Gasteiger partial charge in [-0.3, -0.25) is 5.43 Å². The van der Waals surface area contributed by atoms with Gasteiger partial charge in [0.1, 0.15) is 12.0 Å². The van der Waals surface area contributed by atoms with Crippen molar-refractivity contribution < 1.29 is 8.42 Å². The second kappa shape index (κ2) is 7.83. The van der Waals surface area contributed by atoms with E-state index in [1.165, 1.54) is 18.5 Å². The number of nitrogens with two attached hydrogens (primary N) is 1. The van der Waals surface area contributed by atoms with Crippen molar-refractivity contribution in [2.24, 2.45) is 0 Å². The monoisotopic (exact) mass is 398 g/mol. The summed E-state index contributed by atoms with van der Waals surface area (Å²) in [5.41, 5.74) is 12.9. The normalized spacial score (nSPS) is 11.2. The second-order valence-electron chi connectivity index (χ2n) is 6.47. The van der Waals surface area contributed by atoms with E-state index < -0.39 is 10.0 Å². The van der Waals surface area contributed by atoms with E-state index in [0.29, 0.717) is 5.82 Å². The molecule has 3 rings (SSSR count). The standard InChI is InChI=1S/C19H22N6O2S/c1-12-4-7-15(8-5-12)28(26,27)25-24-19-17(20)18(21-11-22-19)23-16-9-6-13(2)10-14(16)3/h4-11,25H,20H2,1-3H3,(H2,21,22,23,24). The number of hydrogen-bond acceptors (Lipinski definition) is 7. The summed E-state index contributed by atoms with van der Waals surface area (Å²) < 4.78 is 24.8. The fourth-order valence-electron chi connectivity index (χ4n) is 2.57. The van der Waals surface area contributed by atoms with Gasteiger partial charge < -0.3 is 11.1 Å². The Balaban J connectivity index is 1.78. The molecule has 9 heteroatoms. The van der Waals surface area contributed by atoms with Crippen LogP contribution in [0.4, 0.5) is 23.0 Å². The Morgan fingerprint density at radius 1 is 0.893 bits per heavy atom. The van der Waals surface area contributed by atoms with E-state index in [2.05, 4.69) is 25.5 Å². The maximum atomic E-state index is 12.4. The van der Waals surface area contributed by atoms with Crippen LogP contribution in [-0.2, 0) is 10.0 Å². The lowest BCUT2D eigenvalue weighted by molar-refractivity contribution is 0.587. The lowest BCUT2D eigenvalue weighted by Crippen LogP contribution is -2.30. The van der Waals surface area contributed by atoms with Crippen LogP contribution in [0, 0.1) is 20.8 Å². The SMILES string of the molecule is Cc1ccc(S(=O)(=O)NNc2ncnc(Nc3ccc(C)cc3C)c2N)cc1. The fourth-order valence-corrected chi connectivity index (χ4v) is 3.41. The molecule has 5 N–H and O–H groups in total. The van der Waals surface area contributed by atoms with Crippen molar-refractivity contribution in [1.82, 2.24) is 14.8 Å². The van der Waals surface area contributed by atoms with Crippen LogP contribution >= 0.6 is 0 Å². The number of benzene rings is 2. The van der Waals surface area contributed by atoms with Gasteiger partial charge in [-0.15, -0.1) is 4.83 Å². The van der Waals surface area contributed by atoms with E-state index in [1.807, 2.05) is 39.0 Å². The average molecular weight is 398 g/mol. The molecule has 1 heterocycles. The predicted molar refractivity (Wildman–Crippen MR) is 111 cm³/mol. The summed E-state index contributed by atoms with van der Waals surface area (Å²) in [5, 5.41) is 3.15. The first-order valence-electron chi connectivity index (χ1n) is 8.55. The summed E-state index contributed by atoms with van der Waals surface area (Å²) in [4.78, 5) is 10.6. The number of anilines is 4. The molecule has 2 aromatic carbocycles. The first kappa shape index (κ1) is 19.6. The van der Waals surface area contributed by atoms with Gasteiger partial charge in [-0.25, -0.2) is 18.4 Å². The quantitative estimate of drug-likeness (QED) is 0.471. The maximum absolute atomic E-state index is 12.4. The van der Waals surface area contributed by atoms with Crippen LogP contribution in [0.2, 0.25) is 0 Å². The van der Waals surface area contributed by atoms with Crippen LogP contribution in [0.15, 0.2) is 53.7 Å². The van der Waals surface area contributed by atoms with Gasteiger partial charge in [0.2, 0.25) is 0 Å². The molecule has 0 amide bonds. The lowest BCUT2D eigenvalue weighted by Gasteiger charge is -2.14. The Morgan fingerprint density at radius 3 is 2.21 bits per heavy atom. The summed E-state index contributed by atoms with van der Waals surface area (Å²) in [7, 11) is -3.77. The first-order valence-corrected chi connectivity index (χ1v) is 10.0. The molecule has 0 aliphatic carbocycles. The van der Waals surface area contributed by atoms with Gasteiger partial charge in [0.25, 0.3) is 10.0 Å². The molecule has 3 aromatic rings. The highest BCUT2D eigenvalue weighted by Crippen LogP contribution is 2.27. The zero-order valence-electron chi connectivity index (χ0n) is 15.8. The molecule has 0 bridgehead atoms. The molecule has 0 aliphatic rings. The largest absolute Gasteiger partial charge is 0.393 e. The maximum Gasteiger partial charge on any atom is 0.257 e. The smallest absolute Gasteiger partial charge is 0.257 e. The number of aryl methyl sites for hydroxylation is 3. The van der Waals surface area contributed by atoms with Gasteiger partial charge in [-0.2, -0.15) is 0 Å². The molecule has 0 fully saturated rings. The first-order chi connectivity index (χ1) is 13.3. The highest BCUT2D eigenvalue weighted by atomic mass is 32.2. The number of rotatable bonds is 6. The molecule has 8 nitrogen and oxygen atoms in total. The highest BCUT2D eigenvalue weighted by molar-refractivity contribution is 7.89. The molecule has 0 radical (unpaired) electrons. The summed E-state index contributed by atoms with van der Waals surface area (Å²) in [5.74, 6) is 0.525. The molecule has 1 aromatic heterocycles. The van der Waals surface area contributed by atoms with Crippen molar-refractivity contribution in [3.63, 3.8) is 0 Å². The molecule has 0 saturated carbocycles. The van der Waals surface area contributed by atoms with Gasteiger partial charge in [-0.05, 0) is 44.5 Å². The van der Waals surface area contributed by atoms with Crippen molar-refractivity contribution in [3.05, 3.63) is 65.5 Å². The number of nitrogens with zero attached hydrogens (tertiary/aromatic N) is 2. The predicted octanol–water partition coefficient (Wildman–Crippen LogP) is 3.03. The van der Waals surface area contributed by atoms with Crippen LogP contribution in [-0.4, -0.2) is 18.4 Å². The lowest BCUT2D eigenvalue weighted by atomic mass is 10.1. The van der Waals surface area contributed by atoms with E-state index in [0.717, 1.165) is 22.4 Å². The summed E-state index contributed by atoms with van der Waals surface area (Å²) in [6.45, 7) is 5.87. The topological polar surface area (TPSA) is 122 Å². The molecule has 28 heavy (non-hydrogen) atoms. The van der Waals surface area contributed by atoms with Crippen LogP contribution in [0.5, 0.6) is 0 Å². The summed E-state index contributed by atoms with van der Waals surface area (Å²) >= 11 is 0. The summed E-state index contributed by atoms with van der Waals surface area (Å²) in [6, 6.07) is 12.4. The zero-order chi connectivity index (χ0) is 20.3. The highest BCUT2D eigenvalue weighted by Gasteiger charge is 2.15. The van der Waals surface area contributed by atoms with E-state index in [1.54, 1.807) is 12.1 Å². The second-order valence-corrected chi connectivity index (χ2v) is 8.15. The van der Waals surface area contributed by atoms with Crippen molar-refractivity contribution >= 4 is 33.0 Å². The number of sulfonamides is 1. The van der Waals surface area contributed by atoms with Crippen LogP contribution in [0.25, 0.3) is 0 Å². The van der Waals surface area contributed by atoms with Crippen molar-refractivity contribution in [3.8, 4) is 0 Å². The Labute approximate surface area is 164 Å². The molecular weight excluding hydrogens is 376 g/mol. The summed E-state index contributed by atoms with van der Waals surface area (Å²) in [6.07, 6.45) is 1.30. The third-order valence-corrected chi connectivity index (χ3v) is 5.42. The van der Waals surface area contributed by atoms with E-state index in [4.69, 9.17) is 5.73 Å². The van der Waals surface area contributed by atoms with Gasteiger partial charge in [0.05, 0.1) is 4.90 Å². The minimum Gasteiger partial charge on any atom is -0.393 e. The van der Waals surface area contributed by atoms with Gasteiger partial charge in [0.15, 0.2) is 11.6 Å². The molecule has 0 atom stereocenters. The Hall–Kier alpha value is -3.17. The zero-order valence-corrected chi connectivity index (χ0v) is 16.6. The van der Waals surface area contributed by atoms with Crippen LogP contribution in [0.1, 0.15) is 16.7 Å². The minimum atomic E-state index is -3.77. The number of nitrogens with one attached hydrogen (secondary N) is 3. The minimum absolute atomic E-state index is 0.131. The van der Waals surface area contributed by atoms with Gasteiger partial charge >= 0.3 is 0 Å². The van der Waals surface area contributed by atoms with Crippen LogP contribution in [0.3, 0.4) is 0 Å². The molecule has 0 aliphatic heterocycles. The average Bonchev–Trinajstić information content (AvgIpc) is 2.65. The van der Waals surface area contributed by atoms with Gasteiger partial charge in [0, 0.05) is 5.69 Å². The Morgan fingerprint density at radius 2 is 1.54 bits per heavy atom. The van der Waals surface area contributed by atoms with E-state index >= 15 is 0 Å². The third-order valence-electron chi connectivity index (χ3n) is 4.15. The van der Waals surface area contributed by atoms with E-state index in [-0.39, 0.29) is 16.4 Å². The van der Waals surface area contributed by atoms with Crippen molar-refractivity contribution in [1.29, 1.82) is 0 Å². The fraction of sp³-hybridized carbons (Fsp3) is 0.158. The van der Waals surface area contributed by atoms with Crippen molar-refractivity contribution in [2.75, 3.05) is 16.5 Å². The molecular formula is C19H22N6O2S. The number of aromatic nitrogens is 2. The van der Waals surface area contributed by atoms with E-state index in [9.17, 15) is 8.42 Å². The number of hydrogen-bond donors (Lipinski definition) is 4. The number of hydrazine groups is 1. The molecule has 146 valence electrons. The number of nitrogen functional groups attached to an aromatic ring is 1. The molecule has 0 unspecified atom stereocenters. The van der Waals surface area contributed by atoms with Crippen LogP contribution < -0.4 is 21.3 Å². The van der Waals surface area contributed by atoms with Crippen molar-refractivity contribution in [2.45, 2.75) is 25.7 Å². The third kappa shape index (κ3) is 4.38. The van der Waals surface area contributed by atoms with Gasteiger partial charge in [-0.1, -0.05) is 35.4 Å². The molecule has 0 spiro atoms. The Bertz CT molecular complexity index is 1100. The Kier molecular flexibility index (Phi) is 5.48.